The maximum absolute atomic E-state index is 2.36. The Kier molecular flexibility index (Phi) is 5.51. The Morgan fingerprint density at radius 1 is 0.571 bits per heavy atom. The quantitative estimate of drug-likeness (QED) is 0.814. The zero-order valence-electron chi connectivity index (χ0n) is 17.2. The SMILES string of the molecule is c1ccc(C2CCC([NH+]3CCC([NH+]4CCc5ccccc5C4)CC3)CC2)cc1. The topological polar surface area (TPSA) is 8.88 Å². The summed E-state index contributed by atoms with van der Waals surface area (Å²) in [7, 11) is 0. The van der Waals surface area contributed by atoms with Crippen molar-refractivity contribution in [3.8, 4) is 0 Å². The first-order valence-corrected chi connectivity index (χ1v) is 11.7. The molecule has 2 aromatic rings. The van der Waals surface area contributed by atoms with Crippen molar-refractivity contribution in [2.24, 2.45) is 0 Å². The third kappa shape index (κ3) is 3.90. The van der Waals surface area contributed by atoms with Crippen molar-refractivity contribution in [3.63, 3.8) is 0 Å². The zero-order chi connectivity index (χ0) is 18.8. The lowest BCUT2D eigenvalue weighted by Crippen LogP contribution is -3.22. The van der Waals surface area contributed by atoms with Crippen LogP contribution in [0.25, 0.3) is 0 Å². The van der Waals surface area contributed by atoms with Gasteiger partial charge in [0, 0.05) is 24.8 Å². The number of benzene rings is 2. The van der Waals surface area contributed by atoms with Gasteiger partial charge in [0.25, 0.3) is 0 Å². The molecule has 1 saturated carbocycles. The molecule has 2 heterocycles. The van der Waals surface area contributed by atoms with Crippen LogP contribution in [0.5, 0.6) is 0 Å². The number of fused-ring (bicyclic) bond motifs is 1. The predicted molar refractivity (Wildman–Crippen MR) is 115 cm³/mol. The molecule has 148 valence electrons. The Bertz CT molecular complexity index is 755. The van der Waals surface area contributed by atoms with Gasteiger partial charge in [-0.15, -0.1) is 0 Å². The molecule has 1 unspecified atom stereocenters. The fourth-order valence-electron chi connectivity index (χ4n) is 6.32. The minimum absolute atomic E-state index is 0.812. The first kappa shape index (κ1) is 18.4. The number of rotatable bonds is 3. The first-order valence-electron chi connectivity index (χ1n) is 11.7. The normalized spacial score (nSPS) is 33.2. The van der Waals surface area contributed by atoms with E-state index in [4.69, 9.17) is 0 Å². The van der Waals surface area contributed by atoms with Gasteiger partial charge < -0.3 is 9.80 Å². The van der Waals surface area contributed by atoms with E-state index in [1.165, 1.54) is 71.1 Å². The highest BCUT2D eigenvalue weighted by Crippen LogP contribution is 2.32. The number of piperidine rings is 1. The average Bonchev–Trinajstić information content (AvgIpc) is 2.80. The van der Waals surface area contributed by atoms with Crippen LogP contribution in [0.3, 0.4) is 0 Å². The highest BCUT2D eigenvalue weighted by molar-refractivity contribution is 5.27. The Labute approximate surface area is 170 Å². The van der Waals surface area contributed by atoms with Gasteiger partial charge >= 0.3 is 0 Å². The molecule has 0 amide bonds. The maximum atomic E-state index is 2.36. The molecule has 1 atom stereocenters. The van der Waals surface area contributed by atoms with E-state index in [-0.39, 0.29) is 0 Å². The molecular weight excluding hydrogens is 340 g/mol. The fraction of sp³-hybridized carbons (Fsp3) is 0.538. The summed E-state index contributed by atoms with van der Waals surface area (Å²) in [6.45, 7) is 5.44. The van der Waals surface area contributed by atoms with Crippen molar-refractivity contribution >= 4 is 0 Å². The summed E-state index contributed by atoms with van der Waals surface area (Å²) in [5, 5.41) is 0. The molecule has 2 fully saturated rings. The molecule has 0 bridgehead atoms. The van der Waals surface area contributed by atoms with Crippen LogP contribution in [0, 0.1) is 0 Å². The first-order chi connectivity index (χ1) is 13.9. The Morgan fingerprint density at radius 3 is 1.96 bits per heavy atom. The molecule has 3 aliphatic rings. The van der Waals surface area contributed by atoms with Crippen LogP contribution in [0.4, 0.5) is 0 Å². The van der Waals surface area contributed by atoms with Gasteiger partial charge in [0.2, 0.25) is 0 Å². The number of hydrogen-bond acceptors (Lipinski definition) is 0. The Balaban J connectivity index is 1.11. The number of hydrogen-bond donors (Lipinski definition) is 2. The molecule has 1 saturated heterocycles. The molecule has 28 heavy (non-hydrogen) atoms. The zero-order valence-corrected chi connectivity index (χ0v) is 17.2. The highest BCUT2D eigenvalue weighted by Gasteiger charge is 2.36. The number of quaternary nitrogens is 2. The molecule has 1 aliphatic carbocycles. The molecule has 0 spiro atoms. The third-order valence-corrected chi connectivity index (χ3v) is 8.03. The molecule has 2 aliphatic heterocycles. The van der Waals surface area contributed by atoms with Crippen LogP contribution < -0.4 is 9.80 Å². The van der Waals surface area contributed by atoms with E-state index in [2.05, 4.69) is 54.6 Å². The summed E-state index contributed by atoms with van der Waals surface area (Å²) >= 11 is 0. The minimum Gasteiger partial charge on any atom is -0.332 e. The maximum Gasteiger partial charge on any atom is 0.103 e. The summed E-state index contributed by atoms with van der Waals surface area (Å²) in [4.78, 5) is 3.80. The van der Waals surface area contributed by atoms with Crippen molar-refractivity contribution in [3.05, 3.63) is 71.3 Å². The largest absolute Gasteiger partial charge is 0.332 e. The van der Waals surface area contributed by atoms with Crippen LogP contribution in [0.15, 0.2) is 54.6 Å². The molecule has 5 rings (SSSR count). The second-order valence-electron chi connectivity index (χ2n) is 9.50. The monoisotopic (exact) mass is 376 g/mol. The van der Waals surface area contributed by atoms with Crippen LogP contribution >= 0.6 is 0 Å². The van der Waals surface area contributed by atoms with Gasteiger partial charge in [0.1, 0.15) is 6.54 Å². The van der Waals surface area contributed by atoms with Gasteiger partial charge in [0.15, 0.2) is 0 Å². The van der Waals surface area contributed by atoms with Gasteiger partial charge in [-0.05, 0) is 42.7 Å². The van der Waals surface area contributed by atoms with Crippen molar-refractivity contribution in [2.75, 3.05) is 19.6 Å². The van der Waals surface area contributed by atoms with Gasteiger partial charge in [-0.2, -0.15) is 0 Å². The lowest BCUT2D eigenvalue weighted by molar-refractivity contribution is -0.976. The van der Waals surface area contributed by atoms with Crippen molar-refractivity contribution in [1.82, 2.24) is 0 Å². The molecule has 0 aromatic heterocycles. The van der Waals surface area contributed by atoms with E-state index < -0.39 is 0 Å². The smallest absolute Gasteiger partial charge is 0.103 e. The molecule has 2 nitrogen and oxygen atoms in total. The van der Waals surface area contributed by atoms with E-state index in [0.29, 0.717) is 0 Å². The average molecular weight is 377 g/mol. The lowest BCUT2D eigenvalue weighted by atomic mass is 9.80. The molecular formula is C26H36N2+2. The highest BCUT2D eigenvalue weighted by atomic mass is 15.2. The minimum atomic E-state index is 0.812. The second-order valence-corrected chi connectivity index (χ2v) is 9.50. The summed E-state index contributed by atoms with van der Waals surface area (Å²) in [6, 6.07) is 22.2. The Morgan fingerprint density at radius 2 is 1.21 bits per heavy atom. The third-order valence-electron chi connectivity index (χ3n) is 8.03. The van der Waals surface area contributed by atoms with E-state index in [0.717, 1.165) is 18.0 Å². The summed E-state index contributed by atoms with van der Waals surface area (Å²) < 4.78 is 0. The number of likely N-dealkylation sites (tertiary alicyclic amines) is 1. The fourth-order valence-corrected chi connectivity index (χ4v) is 6.32. The Hall–Kier alpha value is -1.64. The van der Waals surface area contributed by atoms with Gasteiger partial charge in [-0.25, -0.2) is 0 Å². The second kappa shape index (κ2) is 8.39. The van der Waals surface area contributed by atoms with E-state index in [9.17, 15) is 0 Å². The van der Waals surface area contributed by atoms with Gasteiger partial charge in [-0.1, -0.05) is 54.6 Å². The van der Waals surface area contributed by atoms with E-state index in [1.807, 2.05) is 9.80 Å². The lowest BCUT2D eigenvalue weighted by Gasteiger charge is -2.40. The molecule has 2 N–H and O–H groups in total. The standard InChI is InChI=1S/C26H34N2/c1-2-6-21(7-3-1)23-10-12-25(13-11-23)27-18-15-26(16-19-27)28-17-14-22-8-4-5-9-24(22)20-28/h1-9,23,25-26H,10-20H2/p+2. The summed E-state index contributed by atoms with van der Waals surface area (Å²) in [6.07, 6.45) is 9.82. The van der Waals surface area contributed by atoms with Crippen LogP contribution in [-0.2, 0) is 13.0 Å². The van der Waals surface area contributed by atoms with Gasteiger partial charge in [0.05, 0.1) is 31.7 Å². The molecule has 0 radical (unpaired) electrons. The van der Waals surface area contributed by atoms with Crippen LogP contribution in [-0.4, -0.2) is 31.7 Å². The van der Waals surface area contributed by atoms with Crippen molar-refractivity contribution in [1.29, 1.82) is 0 Å². The predicted octanol–water partition coefficient (Wildman–Crippen LogP) is 2.40. The van der Waals surface area contributed by atoms with E-state index >= 15 is 0 Å². The van der Waals surface area contributed by atoms with Gasteiger partial charge in [-0.3, -0.25) is 0 Å². The van der Waals surface area contributed by atoms with E-state index in [1.54, 1.807) is 16.7 Å². The number of nitrogens with one attached hydrogen (secondary N) is 2. The van der Waals surface area contributed by atoms with Crippen molar-refractivity contribution < 1.29 is 9.80 Å². The molecule has 2 heteroatoms. The van der Waals surface area contributed by atoms with Crippen molar-refractivity contribution in [2.45, 2.75) is 69.5 Å². The van der Waals surface area contributed by atoms with Crippen LogP contribution in [0.2, 0.25) is 0 Å². The summed E-state index contributed by atoms with van der Waals surface area (Å²) in [5.41, 5.74) is 4.78. The molecule has 2 aromatic carbocycles. The summed E-state index contributed by atoms with van der Waals surface area (Å²) in [5.74, 6) is 0.812. The van der Waals surface area contributed by atoms with Crippen LogP contribution in [0.1, 0.15) is 61.1 Å².